The molecule has 2 aromatic heterocycles. The van der Waals surface area contributed by atoms with Gasteiger partial charge in [-0.15, -0.1) is 11.8 Å². The van der Waals surface area contributed by atoms with Crippen LogP contribution in [0.3, 0.4) is 0 Å². The van der Waals surface area contributed by atoms with Gasteiger partial charge >= 0.3 is 10.8 Å². The van der Waals surface area contributed by atoms with Crippen LogP contribution in [0.5, 0.6) is 0 Å². The maximum Gasteiger partial charge on any atom is 0.323 e. The molecule has 1 saturated heterocycles. The summed E-state index contributed by atoms with van der Waals surface area (Å²) in [5.74, 6) is -2.74. The largest absolute Gasteiger partial charge is 0.480 e. The Bertz CT molecular complexity index is 1140. The summed E-state index contributed by atoms with van der Waals surface area (Å²) in [6.07, 6.45) is 4.30. The van der Waals surface area contributed by atoms with Crippen molar-refractivity contribution in [3.8, 4) is 0 Å². The third-order valence-electron chi connectivity index (χ3n) is 7.15. The zero-order chi connectivity index (χ0) is 20.7. The van der Waals surface area contributed by atoms with Crippen LogP contribution in [0, 0.1) is 29.6 Å². The second kappa shape index (κ2) is 6.27. The van der Waals surface area contributed by atoms with Crippen LogP contribution in [0.25, 0.3) is 0 Å². The number of thioether (sulfide) groups is 1. The first kappa shape index (κ1) is 18.3. The van der Waals surface area contributed by atoms with E-state index in [9.17, 15) is 19.2 Å². The average Bonchev–Trinajstić information content (AvgIpc) is 3.44. The highest BCUT2D eigenvalue weighted by Crippen LogP contribution is 2.68. The number of imide groups is 1. The number of aromatic amines is 1. The number of carboxylic acid groups (broad SMARTS) is 1. The lowest BCUT2D eigenvalue weighted by Crippen LogP contribution is -2.42. The quantitative estimate of drug-likeness (QED) is 0.688. The first-order chi connectivity index (χ1) is 14.5. The molecule has 2 bridgehead atoms. The number of likely N-dealkylation sites (tertiary alicyclic amines) is 1. The predicted octanol–water partition coefficient (Wildman–Crippen LogP) is 1.39. The molecule has 8 nitrogen and oxygen atoms in total. The Morgan fingerprint density at radius 2 is 2.00 bits per heavy atom. The number of nitrogens with one attached hydrogen (secondary N) is 1. The van der Waals surface area contributed by atoms with Crippen LogP contribution in [-0.4, -0.2) is 49.6 Å². The minimum absolute atomic E-state index is 0.000897. The molecule has 0 aromatic carbocycles. The Kier molecular flexibility index (Phi) is 3.83. The van der Waals surface area contributed by atoms with Crippen molar-refractivity contribution in [2.75, 3.05) is 6.54 Å². The number of pyridine rings is 1. The first-order valence-electron chi connectivity index (χ1n) is 9.82. The number of carboxylic acids is 1. The number of hydrogen-bond donors (Lipinski definition) is 2. The first-order valence-corrected chi connectivity index (χ1v) is 11.5. The topological polar surface area (TPSA) is 120 Å². The van der Waals surface area contributed by atoms with Crippen molar-refractivity contribution in [1.29, 1.82) is 0 Å². The third-order valence-corrected chi connectivity index (χ3v) is 9.74. The summed E-state index contributed by atoms with van der Waals surface area (Å²) in [5, 5.41) is 10.1. The van der Waals surface area contributed by atoms with Crippen molar-refractivity contribution in [2.45, 2.75) is 22.6 Å². The third kappa shape index (κ3) is 2.31. The molecule has 2 aromatic rings. The minimum Gasteiger partial charge on any atom is -0.480 e. The fraction of sp³-hybridized carbons (Fsp3) is 0.450. The van der Waals surface area contributed by atoms with Gasteiger partial charge in [0.1, 0.15) is 6.54 Å². The molecule has 0 spiro atoms. The predicted molar refractivity (Wildman–Crippen MR) is 107 cm³/mol. The summed E-state index contributed by atoms with van der Waals surface area (Å²) in [6.45, 7) is -0.570. The Morgan fingerprint density at radius 1 is 1.23 bits per heavy atom. The van der Waals surface area contributed by atoms with E-state index in [-0.39, 0.29) is 45.6 Å². The van der Waals surface area contributed by atoms with Gasteiger partial charge in [0.2, 0.25) is 11.8 Å². The number of nitrogens with zero attached hydrogens (tertiary/aromatic N) is 2. The fourth-order valence-corrected chi connectivity index (χ4v) is 9.19. The number of hydrogen-bond acceptors (Lipinski definition) is 7. The molecule has 4 heterocycles. The number of H-pyrrole nitrogens is 1. The second-order valence-corrected chi connectivity index (χ2v) is 10.6. The average molecular weight is 444 g/mol. The summed E-state index contributed by atoms with van der Waals surface area (Å²) in [5.41, 5.74) is 1.01. The number of carbonyl (C=O) groups excluding carboxylic acids is 2. The van der Waals surface area contributed by atoms with Gasteiger partial charge in [0.15, 0.2) is 0 Å². The van der Waals surface area contributed by atoms with Crippen molar-refractivity contribution >= 4 is 40.9 Å². The molecule has 6 rings (SSSR count). The molecule has 2 amide bonds. The van der Waals surface area contributed by atoms with Gasteiger partial charge in [0.25, 0.3) is 0 Å². The van der Waals surface area contributed by atoms with Crippen molar-refractivity contribution in [3.63, 3.8) is 0 Å². The van der Waals surface area contributed by atoms with E-state index < -0.39 is 24.3 Å². The second-order valence-electron chi connectivity index (χ2n) is 8.40. The highest BCUT2D eigenvalue weighted by atomic mass is 32.2. The van der Waals surface area contributed by atoms with Gasteiger partial charge in [-0.1, -0.05) is 17.4 Å². The molecule has 2 aliphatic heterocycles. The fourth-order valence-electron chi connectivity index (χ4n) is 6.30. The lowest BCUT2D eigenvalue weighted by atomic mass is 9.68. The van der Waals surface area contributed by atoms with Crippen molar-refractivity contribution in [3.05, 3.63) is 44.6 Å². The van der Waals surface area contributed by atoms with Crippen molar-refractivity contribution < 1.29 is 19.5 Å². The van der Waals surface area contributed by atoms with Gasteiger partial charge in [0.05, 0.1) is 16.9 Å². The summed E-state index contributed by atoms with van der Waals surface area (Å²) >= 11 is 2.82. The van der Waals surface area contributed by atoms with E-state index in [2.05, 4.69) is 9.97 Å². The zero-order valence-electron chi connectivity index (χ0n) is 15.6. The Labute approximate surface area is 178 Å². The van der Waals surface area contributed by atoms with E-state index >= 15 is 0 Å². The monoisotopic (exact) mass is 443 g/mol. The van der Waals surface area contributed by atoms with Crippen LogP contribution in [0.4, 0.5) is 0 Å². The Hall–Kier alpha value is -2.46. The molecule has 0 radical (unpaired) electrons. The van der Waals surface area contributed by atoms with Gasteiger partial charge in [-0.05, 0) is 35.8 Å². The lowest BCUT2D eigenvalue weighted by Gasteiger charge is -2.42. The standard InChI is InChI=1S/C20H17N3O5S2/c24-10(25)6-23-18(26)13-8-4-9(14(13)19(23)27)15-12(8)11(7-2-1-3-21-5-7)16-17(29-15)22-20(28)30-16/h1-3,5,8-9,11-15H,4,6H2,(H,22,28)(H,24,25)/t8-,9+,11-,12+,13+,14+,15-/m0/s1. The molecule has 2 saturated carbocycles. The van der Waals surface area contributed by atoms with Crippen LogP contribution in [0.2, 0.25) is 0 Å². The number of thiazole rings is 1. The lowest BCUT2D eigenvalue weighted by molar-refractivity contribution is -0.149. The maximum absolute atomic E-state index is 13.1. The van der Waals surface area contributed by atoms with E-state index in [0.717, 1.165) is 26.8 Å². The minimum atomic E-state index is -1.18. The van der Waals surface area contributed by atoms with E-state index in [1.165, 1.54) is 11.3 Å². The molecule has 30 heavy (non-hydrogen) atoms. The molecule has 0 unspecified atom stereocenters. The number of carbonyl (C=O) groups is 3. The summed E-state index contributed by atoms with van der Waals surface area (Å²) < 4.78 is 0. The molecule has 154 valence electrons. The highest BCUT2D eigenvalue weighted by Gasteiger charge is 2.69. The highest BCUT2D eigenvalue weighted by molar-refractivity contribution is 8.00. The maximum atomic E-state index is 13.1. The summed E-state index contributed by atoms with van der Waals surface area (Å²) in [7, 11) is 0. The number of rotatable bonds is 3. The normalized spacial score (nSPS) is 36.0. The van der Waals surface area contributed by atoms with Crippen molar-refractivity contribution in [1.82, 2.24) is 14.9 Å². The van der Waals surface area contributed by atoms with E-state index in [4.69, 9.17) is 5.11 Å². The number of fused-ring (bicyclic) bond motifs is 9. The molecule has 2 aliphatic carbocycles. The van der Waals surface area contributed by atoms with E-state index in [1.807, 2.05) is 18.3 Å². The van der Waals surface area contributed by atoms with E-state index in [0.29, 0.717) is 0 Å². The van der Waals surface area contributed by atoms with Gasteiger partial charge in [-0.25, -0.2) is 0 Å². The number of aliphatic carboxylic acids is 1. The van der Waals surface area contributed by atoms with Crippen LogP contribution < -0.4 is 4.87 Å². The smallest absolute Gasteiger partial charge is 0.323 e. The van der Waals surface area contributed by atoms with Crippen LogP contribution in [0.15, 0.2) is 34.3 Å². The zero-order valence-corrected chi connectivity index (χ0v) is 17.2. The molecule has 4 aliphatic rings. The summed E-state index contributed by atoms with van der Waals surface area (Å²) in [6, 6.07) is 3.87. The Balaban J connectivity index is 1.45. The summed E-state index contributed by atoms with van der Waals surface area (Å²) in [4.78, 5) is 58.4. The Morgan fingerprint density at radius 3 is 2.70 bits per heavy atom. The molecule has 2 N–H and O–H groups in total. The van der Waals surface area contributed by atoms with Crippen LogP contribution in [0.1, 0.15) is 22.8 Å². The van der Waals surface area contributed by atoms with Gasteiger partial charge < -0.3 is 10.1 Å². The molecular weight excluding hydrogens is 426 g/mol. The number of aromatic nitrogens is 2. The SMILES string of the molecule is O=C(O)CN1C(=O)[C@@H]2[C@H]3C[C@@H]([C@@H]4Sc5[nH]c(=O)sc5[C@@H](c5cccnc5)[C@@H]34)[C@H]2C1=O. The molecule has 10 heteroatoms. The van der Waals surface area contributed by atoms with Crippen LogP contribution in [-0.2, 0) is 14.4 Å². The van der Waals surface area contributed by atoms with Gasteiger partial charge in [0, 0.05) is 28.4 Å². The molecule has 7 atom stereocenters. The molecular formula is C20H17N3O5S2. The van der Waals surface area contributed by atoms with E-state index in [1.54, 1.807) is 18.0 Å². The van der Waals surface area contributed by atoms with Crippen molar-refractivity contribution in [2.24, 2.45) is 29.6 Å². The molecule has 3 fully saturated rings. The number of amides is 2. The van der Waals surface area contributed by atoms with Crippen LogP contribution >= 0.6 is 23.1 Å². The van der Waals surface area contributed by atoms with Gasteiger partial charge in [-0.2, -0.15) is 0 Å². The van der Waals surface area contributed by atoms with Gasteiger partial charge in [-0.3, -0.25) is 29.1 Å².